The summed E-state index contributed by atoms with van der Waals surface area (Å²) in [6, 6.07) is 6.52. The van der Waals surface area contributed by atoms with Crippen LogP contribution >= 0.6 is 0 Å². The van der Waals surface area contributed by atoms with Gasteiger partial charge >= 0.3 is 0 Å². The topological polar surface area (TPSA) is 87.3 Å². The van der Waals surface area contributed by atoms with Gasteiger partial charge in [-0.3, -0.25) is 25.2 Å². The van der Waals surface area contributed by atoms with Crippen LogP contribution in [0.3, 0.4) is 0 Å². The number of hydrogen-bond acceptors (Lipinski definition) is 3. The minimum absolute atomic E-state index is 0.00602. The molecule has 0 spiro atoms. The third kappa shape index (κ3) is 5.68. The van der Waals surface area contributed by atoms with E-state index in [-0.39, 0.29) is 17.2 Å². The Morgan fingerprint density at radius 1 is 0.958 bits per heavy atom. The number of hydrazine groups is 1. The quantitative estimate of drug-likeness (QED) is 0.736. The molecular weight excluding hydrogens is 306 g/mol. The van der Waals surface area contributed by atoms with Crippen molar-refractivity contribution in [3.63, 3.8) is 0 Å². The number of hydrogen-bond donors (Lipinski definition) is 3. The molecule has 0 fully saturated rings. The lowest BCUT2D eigenvalue weighted by Crippen LogP contribution is -2.54. The maximum atomic E-state index is 12.1. The molecule has 1 aromatic carbocycles. The van der Waals surface area contributed by atoms with Crippen LogP contribution in [0.25, 0.3) is 0 Å². The van der Waals surface area contributed by atoms with Gasteiger partial charge in [-0.1, -0.05) is 46.8 Å². The zero-order valence-electron chi connectivity index (χ0n) is 15.2. The second-order valence-corrected chi connectivity index (χ2v) is 7.19. The summed E-state index contributed by atoms with van der Waals surface area (Å²) >= 11 is 0. The van der Waals surface area contributed by atoms with E-state index in [9.17, 15) is 14.4 Å². The Morgan fingerprint density at radius 3 is 1.92 bits per heavy atom. The molecule has 1 aromatic rings. The minimum Gasteiger partial charge on any atom is -0.344 e. The number of nitrogens with one attached hydrogen (secondary N) is 3. The van der Waals surface area contributed by atoms with Gasteiger partial charge in [0.15, 0.2) is 0 Å². The second kappa shape index (κ2) is 7.95. The van der Waals surface area contributed by atoms with Crippen molar-refractivity contribution >= 4 is 17.7 Å². The summed E-state index contributed by atoms with van der Waals surface area (Å²) in [7, 11) is 0. The van der Waals surface area contributed by atoms with Crippen LogP contribution in [0.15, 0.2) is 24.3 Å². The maximum absolute atomic E-state index is 12.1. The molecule has 6 heteroatoms. The van der Waals surface area contributed by atoms with Crippen LogP contribution in [0, 0.1) is 5.92 Å². The van der Waals surface area contributed by atoms with Gasteiger partial charge in [0, 0.05) is 12.5 Å². The zero-order valence-corrected chi connectivity index (χ0v) is 15.2. The van der Waals surface area contributed by atoms with Gasteiger partial charge in [-0.05, 0) is 29.0 Å². The fraction of sp³-hybridized carbons (Fsp3) is 0.500. The molecule has 0 saturated carbocycles. The van der Waals surface area contributed by atoms with E-state index in [1.165, 1.54) is 6.92 Å². The van der Waals surface area contributed by atoms with Crippen molar-refractivity contribution in [3.05, 3.63) is 35.4 Å². The van der Waals surface area contributed by atoms with Crippen LogP contribution in [-0.4, -0.2) is 23.8 Å². The summed E-state index contributed by atoms with van der Waals surface area (Å²) < 4.78 is 0. The number of carbonyl (C=O) groups is 3. The molecule has 0 aromatic heterocycles. The summed E-state index contributed by atoms with van der Waals surface area (Å²) in [6.07, 6.45) is 0. The number of benzene rings is 1. The fourth-order valence-corrected chi connectivity index (χ4v) is 2.14. The number of rotatable bonds is 4. The van der Waals surface area contributed by atoms with Crippen LogP contribution < -0.4 is 16.2 Å². The van der Waals surface area contributed by atoms with Crippen LogP contribution in [0.4, 0.5) is 0 Å². The van der Waals surface area contributed by atoms with Gasteiger partial charge in [0.05, 0.1) is 0 Å². The standard InChI is InChI=1S/C18H27N3O3/c1-11(2)15(19-12(3)22)17(24)21-20-16(23)13-7-9-14(10-8-13)18(4,5)6/h7-11,15H,1-6H3,(H,19,22)(H,20,23)(H,21,24). The predicted octanol–water partition coefficient (Wildman–Crippen LogP) is 1.91. The number of amides is 3. The van der Waals surface area contributed by atoms with E-state index in [0.717, 1.165) is 5.56 Å². The Hall–Kier alpha value is -2.37. The molecule has 0 aliphatic rings. The maximum Gasteiger partial charge on any atom is 0.269 e. The molecule has 6 nitrogen and oxygen atoms in total. The summed E-state index contributed by atoms with van der Waals surface area (Å²) in [5.74, 6) is -1.26. The highest BCUT2D eigenvalue weighted by molar-refractivity contribution is 5.96. The SMILES string of the molecule is CC(=O)NC(C(=O)NNC(=O)c1ccc(C(C)(C)C)cc1)C(C)C. The summed E-state index contributed by atoms with van der Waals surface area (Å²) in [5.41, 5.74) is 6.31. The van der Waals surface area contributed by atoms with Gasteiger partial charge in [0.1, 0.15) is 6.04 Å². The third-order valence-corrected chi connectivity index (χ3v) is 3.62. The highest BCUT2D eigenvalue weighted by Crippen LogP contribution is 2.22. The Morgan fingerprint density at radius 2 is 1.50 bits per heavy atom. The Kier molecular flexibility index (Phi) is 6.51. The molecule has 0 heterocycles. The van der Waals surface area contributed by atoms with Crippen LogP contribution in [0.1, 0.15) is 57.5 Å². The van der Waals surface area contributed by atoms with Gasteiger partial charge < -0.3 is 5.32 Å². The van der Waals surface area contributed by atoms with E-state index in [1.54, 1.807) is 12.1 Å². The fourth-order valence-electron chi connectivity index (χ4n) is 2.14. The largest absolute Gasteiger partial charge is 0.344 e. The van der Waals surface area contributed by atoms with E-state index in [4.69, 9.17) is 0 Å². The first-order valence-corrected chi connectivity index (χ1v) is 8.00. The molecule has 3 N–H and O–H groups in total. The monoisotopic (exact) mass is 333 g/mol. The Balaban J connectivity index is 2.68. The highest BCUT2D eigenvalue weighted by atomic mass is 16.2. The average molecular weight is 333 g/mol. The predicted molar refractivity (Wildman–Crippen MR) is 93.2 cm³/mol. The van der Waals surface area contributed by atoms with Crippen LogP contribution in [0.2, 0.25) is 0 Å². The van der Waals surface area contributed by atoms with Crippen molar-refractivity contribution in [1.82, 2.24) is 16.2 Å². The average Bonchev–Trinajstić information content (AvgIpc) is 2.48. The molecule has 1 atom stereocenters. The molecule has 0 aliphatic carbocycles. The van der Waals surface area contributed by atoms with E-state index in [2.05, 4.69) is 36.9 Å². The normalized spacial score (nSPS) is 12.5. The smallest absolute Gasteiger partial charge is 0.269 e. The molecule has 1 unspecified atom stereocenters. The van der Waals surface area contributed by atoms with Gasteiger partial charge in [-0.15, -0.1) is 0 Å². The molecule has 1 rings (SSSR count). The van der Waals surface area contributed by atoms with Gasteiger partial charge in [0.25, 0.3) is 11.8 Å². The molecule has 132 valence electrons. The molecule has 24 heavy (non-hydrogen) atoms. The molecule has 0 radical (unpaired) electrons. The Labute approximate surface area is 143 Å². The highest BCUT2D eigenvalue weighted by Gasteiger charge is 2.23. The van der Waals surface area contributed by atoms with Crippen LogP contribution in [-0.2, 0) is 15.0 Å². The summed E-state index contributed by atoms with van der Waals surface area (Å²) in [5, 5.41) is 2.56. The van der Waals surface area contributed by atoms with Crippen molar-refractivity contribution in [2.75, 3.05) is 0 Å². The van der Waals surface area contributed by atoms with Crippen molar-refractivity contribution in [2.45, 2.75) is 53.0 Å². The molecule has 0 bridgehead atoms. The van der Waals surface area contributed by atoms with Crippen molar-refractivity contribution in [2.24, 2.45) is 5.92 Å². The number of carbonyl (C=O) groups excluding carboxylic acids is 3. The van der Waals surface area contributed by atoms with E-state index in [1.807, 2.05) is 26.0 Å². The Bertz CT molecular complexity index is 601. The van der Waals surface area contributed by atoms with E-state index >= 15 is 0 Å². The first-order chi connectivity index (χ1) is 11.0. The molecule has 0 saturated heterocycles. The molecule has 0 aliphatic heterocycles. The lowest BCUT2D eigenvalue weighted by molar-refractivity contribution is -0.129. The van der Waals surface area contributed by atoms with Crippen molar-refractivity contribution in [3.8, 4) is 0 Å². The van der Waals surface area contributed by atoms with E-state index in [0.29, 0.717) is 5.56 Å². The zero-order chi connectivity index (χ0) is 18.5. The summed E-state index contributed by atoms with van der Waals surface area (Å²) in [4.78, 5) is 35.4. The van der Waals surface area contributed by atoms with Crippen molar-refractivity contribution in [1.29, 1.82) is 0 Å². The molecular formula is C18H27N3O3. The van der Waals surface area contributed by atoms with E-state index < -0.39 is 17.9 Å². The van der Waals surface area contributed by atoms with Gasteiger partial charge in [-0.25, -0.2) is 0 Å². The van der Waals surface area contributed by atoms with Gasteiger partial charge in [0.2, 0.25) is 5.91 Å². The first kappa shape index (κ1) is 19.7. The first-order valence-electron chi connectivity index (χ1n) is 8.00. The molecule has 3 amide bonds. The third-order valence-electron chi connectivity index (χ3n) is 3.62. The lowest BCUT2D eigenvalue weighted by Gasteiger charge is -2.21. The second-order valence-electron chi connectivity index (χ2n) is 7.19. The van der Waals surface area contributed by atoms with Crippen LogP contribution in [0.5, 0.6) is 0 Å². The minimum atomic E-state index is -0.703. The van der Waals surface area contributed by atoms with Crippen molar-refractivity contribution < 1.29 is 14.4 Å². The summed E-state index contributed by atoms with van der Waals surface area (Å²) in [6.45, 7) is 11.3. The lowest BCUT2D eigenvalue weighted by atomic mass is 9.87. The van der Waals surface area contributed by atoms with Gasteiger partial charge in [-0.2, -0.15) is 0 Å².